The predicted molar refractivity (Wildman–Crippen MR) is 45.2 cm³/mol. The summed E-state index contributed by atoms with van der Waals surface area (Å²) >= 11 is 0. The molecule has 0 atom stereocenters. The second kappa shape index (κ2) is 2.70. The predicted octanol–water partition coefficient (Wildman–Crippen LogP) is 1.58. The molecule has 0 aliphatic heterocycles. The molecule has 0 unspecified atom stereocenters. The van der Waals surface area contributed by atoms with E-state index < -0.39 is 0 Å². The third kappa shape index (κ3) is 1.16. The highest BCUT2D eigenvalue weighted by Gasteiger charge is 1.93. The molecule has 1 aromatic heterocycles. The summed E-state index contributed by atoms with van der Waals surface area (Å²) in [6.45, 7) is 0. The molecular formula is C9H8N2O. The third-order valence-corrected chi connectivity index (χ3v) is 1.62. The zero-order chi connectivity index (χ0) is 8.39. The van der Waals surface area contributed by atoms with E-state index in [4.69, 9.17) is 5.11 Å². The van der Waals surface area contributed by atoms with Crippen molar-refractivity contribution in [1.82, 2.24) is 9.78 Å². The number of nitrogens with zero attached hydrogens (tertiary/aromatic N) is 2. The van der Waals surface area contributed by atoms with Crippen molar-refractivity contribution in [1.29, 1.82) is 0 Å². The van der Waals surface area contributed by atoms with E-state index in [1.807, 2.05) is 24.4 Å². The Morgan fingerprint density at radius 2 is 1.92 bits per heavy atom. The molecule has 3 heteroatoms. The highest BCUT2D eigenvalue weighted by atomic mass is 16.3. The minimum absolute atomic E-state index is 0.269. The summed E-state index contributed by atoms with van der Waals surface area (Å²) in [5, 5.41) is 13.1. The molecular weight excluding hydrogens is 152 g/mol. The van der Waals surface area contributed by atoms with Gasteiger partial charge in [-0.2, -0.15) is 5.10 Å². The van der Waals surface area contributed by atoms with Crippen molar-refractivity contribution in [2.75, 3.05) is 0 Å². The molecule has 0 fully saturated rings. The first-order valence-electron chi connectivity index (χ1n) is 3.65. The molecule has 12 heavy (non-hydrogen) atoms. The molecule has 0 amide bonds. The summed E-state index contributed by atoms with van der Waals surface area (Å²) in [6.07, 6.45) is 3.57. The summed E-state index contributed by atoms with van der Waals surface area (Å²) < 4.78 is 1.74. The molecule has 1 heterocycles. The van der Waals surface area contributed by atoms with Crippen molar-refractivity contribution in [3.05, 3.63) is 42.7 Å². The Morgan fingerprint density at radius 3 is 2.50 bits per heavy atom. The van der Waals surface area contributed by atoms with Crippen molar-refractivity contribution >= 4 is 0 Å². The molecule has 1 aromatic carbocycles. The molecule has 1 N–H and O–H groups in total. The number of hydrogen-bond acceptors (Lipinski definition) is 2. The summed E-state index contributed by atoms with van der Waals surface area (Å²) in [5.41, 5.74) is 0.942. The van der Waals surface area contributed by atoms with E-state index in [0.29, 0.717) is 0 Å². The Balaban J connectivity index is 2.43. The normalized spacial score (nSPS) is 10.0. The van der Waals surface area contributed by atoms with Crippen LogP contribution in [0.5, 0.6) is 5.75 Å². The molecule has 0 aliphatic rings. The monoisotopic (exact) mass is 160 g/mol. The zero-order valence-corrected chi connectivity index (χ0v) is 6.38. The van der Waals surface area contributed by atoms with E-state index in [2.05, 4.69) is 5.10 Å². The van der Waals surface area contributed by atoms with Gasteiger partial charge in [0.2, 0.25) is 0 Å². The van der Waals surface area contributed by atoms with Crippen LogP contribution in [0.25, 0.3) is 5.69 Å². The van der Waals surface area contributed by atoms with Crippen LogP contribution in [0.1, 0.15) is 0 Å². The van der Waals surface area contributed by atoms with Gasteiger partial charge in [-0.1, -0.05) is 0 Å². The van der Waals surface area contributed by atoms with Crippen molar-refractivity contribution < 1.29 is 5.11 Å². The number of aromatic hydroxyl groups is 1. The largest absolute Gasteiger partial charge is 0.508 e. The first kappa shape index (κ1) is 6.91. The fraction of sp³-hybridized carbons (Fsp3) is 0. The first-order valence-corrected chi connectivity index (χ1v) is 3.65. The average molecular weight is 160 g/mol. The van der Waals surface area contributed by atoms with Crippen molar-refractivity contribution in [2.45, 2.75) is 0 Å². The molecule has 3 nitrogen and oxygen atoms in total. The van der Waals surface area contributed by atoms with Gasteiger partial charge >= 0.3 is 0 Å². The molecule has 0 aliphatic carbocycles. The fourth-order valence-corrected chi connectivity index (χ4v) is 1.03. The minimum Gasteiger partial charge on any atom is -0.508 e. The van der Waals surface area contributed by atoms with Gasteiger partial charge in [-0.05, 0) is 30.3 Å². The number of phenols is 1. The second-order valence-corrected chi connectivity index (χ2v) is 2.47. The van der Waals surface area contributed by atoms with Gasteiger partial charge in [0.1, 0.15) is 5.75 Å². The topological polar surface area (TPSA) is 38.0 Å². The number of rotatable bonds is 1. The third-order valence-electron chi connectivity index (χ3n) is 1.62. The van der Waals surface area contributed by atoms with Crippen LogP contribution in [0.2, 0.25) is 0 Å². The SMILES string of the molecule is Oc1ccc(-n2cccn2)cc1. The van der Waals surface area contributed by atoms with Crippen LogP contribution in [0.15, 0.2) is 42.7 Å². The maximum Gasteiger partial charge on any atom is 0.115 e. The Morgan fingerprint density at radius 1 is 1.17 bits per heavy atom. The second-order valence-electron chi connectivity index (χ2n) is 2.47. The van der Waals surface area contributed by atoms with Gasteiger partial charge < -0.3 is 5.11 Å². The van der Waals surface area contributed by atoms with Gasteiger partial charge in [-0.3, -0.25) is 0 Å². The van der Waals surface area contributed by atoms with Crippen LogP contribution in [0.4, 0.5) is 0 Å². The van der Waals surface area contributed by atoms with Gasteiger partial charge in [-0.25, -0.2) is 4.68 Å². The summed E-state index contributed by atoms with van der Waals surface area (Å²) in [7, 11) is 0. The lowest BCUT2D eigenvalue weighted by Gasteiger charge is -1.99. The van der Waals surface area contributed by atoms with E-state index in [1.165, 1.54) is 0 Å². The number of phenolic OH excluding ortho intramolecular Hbond substituents is 1. The van der Waals surface area contributed by atoms with Crippen LogP contribution in [-0.2, 0) is 0 Å². The summed E-state index contributed by atoms with van der Waals surface area (Å²) in [6, 6.07) is 8.74. The standard InChI is InChI=1S/C9H8N2O/c12-9-4-2-8(3-5-9)11-7-1-6-10-11/h1-7,12H. The lowest BCUT2D eigenvalue weighted by Crippen LogP contribution is -1.92. The maximum atomic E-state index is 9.02. The van der Waals surface area contributed by atoms with E-state index in [-0.39, 0.29) is 5.75 Å². The molecule has 2 aromatic rings. The highest BCUT2D eigenvalue weighted by molar-refractivity contribution is 5.35. The van der Waals surface area contributed by atoms with Crippen LogP contribution in [0, 0.1) is 0 Å². The van der Waals surface area contributed by atoms with Gasteiger partial charge in [0.05, 0.1) is 5.69 Å². The van der Waals surface area contributed by atoms with Gasteiger partial charge in [0.15, 0.2) is 0 Å². The number of aromatic nitrogens is 2. The maximum absolute atomic E-state index is 9.02. The van der Waals surface area contributed by atoms with E-state index in [9.17, 15) is 0 Å². The number of hydrogen-bond donors (Lipinski definition) is 1. The quantitative estimate of drug-likeness (QED) is 0.687. The number of benzene rings is 1. The zero-order valence-electron chi connectivity index (χ0n) is 6.38. The first-order chi connectivity index (χ1) is 5.86. The van der Waals surface area contributed by atoms with Crippen molar-refractivity contribution in [3.8, 4) is 11.4 Å². The molecule has 0 spiro atoms. The Kier molecular flexibility index (Phi) is 1.55. The summed E-state index contributed by atoms with van der Waals surface area (Å²) in [5.74, 6) is 0.269. The van der Waals surface area contributed by atoms with Crippen molar-refractivity contribution in [3.63, 3.8) is 0 Å². The van der Waals surface area contributed by atoms with Crippen LogP contribution in [0.3, 0.4) is 0 Å². The van der Waals surface area contributed by atoms with Crippen LogP contribution < -0.4 is 0 Å². The van der Waals surface area contributed by atoms with Crippen molar-refractivity contribution in [2.24, 2.45) is 0 Å². The van der Waals surface area contributed by atoms with Gasteiger partial charge in [0.25, 0.3) is 0 Å². The van der Waals surface area contributed by atoms with Crippen LogP contribution in [-0.4, -0.2) is 14.9 Å². The van der Waals surface area contributed by atoms with E-state index >= 15 is 0 Å². The molecule has 0 saturated heterocycles. The van der Waals surface area contributed by atoms with Gasteiger partial charge in [0, 0.05) is 12.4 Å². The molecule has 0 saturated carbocycles. The Hall–Kier alpha value is -1.77. The van der Waals surface area contributed by atoms with Crippen LogP contribution >= 0.6 is 0 Å². The smallest absolute Gasteiger partial charge is 0.115 e. The molecule has 2 rings (SSSR count). The summed E-state index contributed by atoms with van der Waals surface area (Å²) in [4.78, 5) is 0. The highest BCUT2D eigenvalue weighted by Crippen LogP contribution is 2.12. The average Bonchev–Trinajstić information content (AvgIpc) is 2.58. The Bertz CT molecular complexity index is 351. The lowest BCUT2D eigenvalue weighted by molar-refractivity contribution is 0.475. The minimum atomic E-state index is 0.269. The lowest BCUT2D eigenvalue weighted by atomic mass is 10.3. The molecule has 0 bridgehead atoms. The Labute approximate surface area is 69.9 Å². The van der Waals surface area contributed by atoms with E-state index in [1.54, 1.807) is 23.0 Å². The van der Waals surface area contributed by atoms with E-state index in [0.717, 1.165) is 5.69 Å². The molecule has 0 radical (unpaired) electrons. The fourth-order valence-electron chi connectivity index (χ4n) is 1.03. The molecule has 60 valence electrons. The van der Waals surface area contributed by atoms with Gasteiger partial charge in [-0.15, -0.1) is 0 Å².